The second kappa shape index (κ2) is 7.57. The van der Waals surface area contributed by atoms with Crippen molar-refractivity contribution in [3.63, 3.8) is 0 Å². The molecule has 0 aliphatic heterocycles. The second-order valence-electron chi connectivity index (χ2n) is 11.5. The smallest absolute Gasteiger partial charge is 0.221 e. The van der Waals surface area contributed by atoms with Gasteiger partial charge in [-0.25, -0.2) is 0 Å². The van der Waals surface area contributed by atoms with E-state index in [2.05, 4.69) is 19.2 Å². The van der Waals surface area contributed by atoms with E-state index >= 15 is 0 Å². The first-order valence-corrected chi connectivity index (χ1v) is 12.4. The van der Waals surface area contributed by atoms with Crippen LogP contribution in [0.5, 0.6) is 5.75 Å². The van der Waals surface area contributed by atoms with Gasteiger partial charge in [0.25, 0.3) is 0 Å². The number of anilines is 1. The third kappa shape index (κ3) is 3.46. The first-order chi connectivity index (χ1) is 14.4. The SMILES string of the molecule is CC(=O)Nc1ccc(OC2CC[C@@]3(C)[C@@H](CC[C@H]4[C@@H]5CCC[C@@]5(C)CC[C@@H]43)C2)cc1. The molecule has 1 unspecified atom stereocenters. The van der Waals surface area contributed by atoms with Gasteiger partial charge >= 0.3 is 0 Å². The quantitative estimate of drug-likeness (QED) is 0.594. The molecule has 1 aromatic carbocycles. The normalized spacial score (nSPS) is 42.6. The van der Waals surface area contributed by atoms with Crippen LogP contribution in [0.2, 0.25) is 0 Å². The summed E-state index contributed by atoms with van der Waals surface area (Å²) in [6, 6.07) is 7.88. The first kappa shape index (κ1) is 20.4. The third-order valence-electron chi connectivity index (χ3n) is 9.88. The number of fused-ring (bicyclic) bond motifs is 5. The first-order valence-electron chi connectivity index (χ1n) is 12.4. The number of benzene rings is 1. The van der Waals surface area contributed by atoms with E-state index < -0.39 is 0 Å². The molecule has 4 aliphatic rings. The number of amides is 1. The van der Waals surface area contributed by atoms with Gasteiger partial charge in [0.1, 0.15) is 5.75 Å². The van der Waals surface area contributed by atoms with E-state index in [1.807, 2.05) is 24.3 Å². The number of nitrogens with one attached hydrogen (secondary N) is 1. The predicted molar refractivity (Wildman–Crippen MR) is 122 cm³/mol. The van der Waals surface area contributed by atoms with Gasteiger partial charge < -0.3 is 10.1 Å². The third-order valence-corrected chi connectivity index (χ3v) is 9.88. The van der Waals surface area contributed by atoms with Gasteiger partial charge in [0.05, 0.1) is 6.10 Å². The molecule has 0 saturated heterocycles. The average molecular weight is 410 g/mol. The molecule has 0 aromatic heterocycles. The Hall–Kier alpha value is -1.51. The summed E-state index contributed by atoms with van der Waals surface area (Å²) in [6.45, 7) is 6.79. The van der Waals surface area contributed by atoms with Crippen LogP contribution in [0.1, 0.15) is 85.0 Å². The molecule has 0 spiro atoms. The molecule has 30 heavy (non-hydrogen) atoms. The molecule has 4 fully saturated rings. The Morgan fingerprint density at radius 3 is 2.53 bits per heavy atom. The zero-order valence-electron chi connectivity index (χ0n) is 19.1. The van der Waals surface area contributed by atoms with Gasteiger partial charge in [0.2, 0.25) is 5.91 Å². The maximum absolute atomic E-state index is 11.2. The van der Waals surface area contributed by atoms with Gasteiger partial charge in [-0.2, -0.15) is 0 Å². The summed E-state index contributed by atoms with van der Waals surface area (Å²) in [5.41, 5.74) is 2.02. The van der Waals surface area contributed by atoms with Crippen LogP contribution < -0.4 is 10.1 Å². The Bertz CT molecular complexity index is 789. The van der Waals surface area contributed by atoms with Gasteiger partial charge in [0.15, 0.2) is 0 Å². The van der Waals surface area contributed by atoms with E-state index in [1.165, 1.54) is 71.1 Å². The molecular formula is C27H39NO2. The van der Waals surface area contributed by atoms with Gasteiger partial charge in [-0.05, 0) is 117 Å². The monoisotopic (exact) mass is 409 g/mol. The predicted octanol–water partition coefficient (Wildman–Crippen LogP) is 6.83. The fourth-order valence-corrected chi connectivity index (χ4v) is 8.33. The van der Waals surface area contributed by atoms with Crippen molar-refractivity contribution < 1.29 is 9.53 Å². The maximum atomic E-state index is 11.2. The van der Waals surface area contributed by atoms with Crippen LogP contribution in [0.3, 0.4) is 0 Å². The van der Waals surface area contributed by atoms with Crippen molar-refractivity contribution >= 4 is 11.6 Å². The van der Waals surface area contributed by atoms with Crippen LogP contribution >= 0.6 is 0 Å². The van der Waals surface area contributed by atoms with Gasteiger partial charge in [0, 0.05) is 12.6 Å². The lowest BCUT2D eigenvalue weighted by Gasteiger charge is -2.60. The van der Waals surface area contributed by atoms with E-state index in [9.17, 15) is 4.79 Å². The maximum Gasteiger partial charge on any atom is 0.221 e. The van der Waals surface area contributed by atoms with Gasteiger partial charge in [-0.1, -0.05) is 20.3 Å². The Morgan fingerprint density at radius 1 is 0.967 bits per heavy atom. The fraction of sp³-hybridized carbons (Fsp3) is 0.741. The molecule has 3 heteroatoms. The minimum Gasteiger partial charge on any atom is -0.490 e. The van der Waals surface area contributed by atoms with E-state index in [-0.39, 0.29) is 5.91 Å². The van der Waals surface area contributed by atoms with Crippen molar-refractivity contribution in [2.75, 3.05) is 5.32 Å². The number of rotatable bonds is 3. The van der Waals surface area contributed by atoms with Crippen LogP contribution in [-0.4, -0.2) is 12.0 Å². The zero-order chi connectivity index (χ0) is 20.9. The molecule has 3 nitrogen and oxygen atoms in total. The summed E-state index contributed by atoms with van der Waals surface area (Å²) in [7, 11) is 0. The lowest BCUT2D eigenvalue weighted by molar-refractivity contribution is -0.118. The van der Waals surface area contributed by atoms with Crippen molar-refractivity contribution in [2.24, 2.45) is 34.5 Å². The molecule has 0 bridgehead atoms. The molecule has 7 atom stereocenters. The van der Waals surface area contributed by atoms with Crippen LogP contribution in [0, 0.1) is 34.5 Å². The highest BCUT2D eigenvalue weighted by molar-refractivity contribution is 5.88. The van der Waals surface area contributed by atoms with E-state index in [1.54, 1.807) is 0 Å². The van der Waals surface area contributed by atoms with E-state index in [0.717, 1.165) is 35.1 Å². The van der Waals surface area contributed by atoms with Crippen LogP contribution in [0.4, 0.5) is 5.69 Å². The highest BCUT2D eigenvalue weighted by atomic mass is 16.5. The topological polar surface area (TPSA) is 38.3 Å². The average Bonchev–Trinajstić information content (AvgIpc) is 3.11. The number of hydrogen-bond acceptors (Lipinski definition) is 2. The molecule has 0 radical (unpaired) electrons. The molecule has 1 amide bonds. The van der Waals surface area contributed by atoms with E-state index in [4.69, 9.17) is 4.74 Å². The van der Waals surface area contributed by atoms with Crippen molar-refractivity contribution in [3.05, 3.63) is 24.3 Å². The minimum absolute atomic E-state index is 0.0357. The van der Waals surface area contributed by atoms with Crippen LogP contribution in [0.25, 0.3) is 0 Å². The number of carbonyl (C=O) groups excluding carboxylic acids is 1. The molecule has 4 saturated carbocycles. The Kier molecular flexibility index (Phi) is 5.14. The molecule has 4 aliphatic carbocycles. The minimum atomic E-state index is -0.0357. The van der Waals surface area contributed by atoms with Crippen molar-refractivity contribution in [1.29, 1.82) is 0 Å². The van der Waals surface area contributed by atoms with E-state index in [0.29, 0.717) is 16.9 Å². The highest BCUT2D eigenvalue weighted by Crippen LogP contribution is 2.66. The second-order valence-corrected chi connectivity index (χ2v) is 11.5. The summed E-state index contributed by atoms with van der Waals surface area (Å²) >= 11 is 0. The molecule has 1 N–H and O–H groups in total. The lowest BCUT2D eigenvalue weighted by atomic mass is 9.45. The van der Waals surface area contributed by atoms with Crippen molar-refractivity contribution in [1.82, 2.24) is 0 Å². The standard InChI is InChI=1S/C27H39NO2/c1-18(29)28-20-7-9-21(10-8-20)30-22-12-16-27(3)19(17-22)6-11-23-24-5-4-14-26(24,2)15-13-25(23)27/h7-10,19,22-25H,4-6,11-17H2,1-3H3,(H,28,29)/t19-,22?,23-,24-,25-,26-,27-/m0/s1. The van der Waals surface area contributed by atoms with Gasteiger partial charge in [-0.15, -0.1) is 0 Å². The summed E-state index contributed by atoms with van der Waals surface area (Å²) in [5, 5.41) is 2.83. The fourth-order valence-electron chi connectivity index (χ4n) is 8.33. The number of hydrogen-bond donors (Lipinski definition) is 1. The Balaban J connectivity index is 1.24. The largest absolute Gasteiger partial charge is 0.490 e. The van der Waals surface area contributed by atoms with Crippen molar-refractivity contribution in [2.45, 2.75) is 91.1 Å². The summed E-state index contributed by atoms with van der Waals surface area (Å²) in [6.07, 6.45) is 14.3. The zero-order valence-corrected chi connectivity index (χ0v) is 19.1. The number of ether oxygens (including phenoxy) is 1. The van der Waals surface area contributed by atoms with Crippen LogP contribution in [0.15, 0.2) is 24.3 Å². The lowest BCUT2D eigenvalue weighted by Crippen LogP contribution is -2.53. The molecular weight excluding hydrogens is 370 g/mol. The Labute approximate surface area is 182 Å². The summed E-state index contributed by atoms with van der Waals surface area (Å²) < 4.78 is 6.42. The van der Waals surface area contributed by atoms with Crippen LogP contribution in [-0.2, 0) is 4.79 Å². The number of carbonyl (C=O) groups is 1. The highest BCUT2D eigenvalue weighted by Gasteiger charge is 2.57. The Morgan fingerprint density at radius 2 is 1.77 bits per heavy atom. The molecule has 1 aromatic rings. The molecule has 164 valence electrons. The van der Waals surface area contributed by atoms with Gasteiger partial charge in [-0.3, -0.25) is 4.79 Å². The summed E-state index contributed by atoms with van der Waals surface area (Å²) in [4.78, 5) is 11.2. The summed E-state index contributed by atoms with van der Waals surface area (Å²) in [5.74, 6) is 4.67. The molecule has 0 heterocycles. The molecule has 5 rings (SSSR count). The van der Waals surface area contributed by atoms with Crippen molar-refractivity contribution in [3.8, 4) is 5.75 Å².